The SMILES string of the molecule is CCCCCCCC(CCCCCC)CNC(=O)CCC(C)(C)OCNC(C)CNC=O. The van der Waals surface area contributed by atoms with Gasteiger partial charge in [0.25, 0.3) is 0 Å². The highest BCUT2D eigenvalue weighted by Crippen LogP contribution is 2.19. The average Bonchev–Trinajstić information content (AvgIpc) is 2.76. The summed E-state index contributed by atoms with van der Waals surface area (Å²) in [4.78, 5) is 22.8. The third-order valence-electron chi connectivity index (χ3n) is 6.13. The van der Waals surface area contributed by atoms with Crippen LogP contribution in [-0.4, -0.2) is 43.8 Å². The highest BCUT2D eigenvalue weighted by atomic mass is 16.5. The highest BCUT2D eigenvalue weighted by molar-refractivity contribution is 5.75. The number of ether oxygens (including phenoxy) is 1. The fourth-order valence-corrected chi connectivity index (χ4v) is 3.75. The summed E-state index contributed by atoms with van der Waals surface area (Å²) in [5.74, 6) is 0.732. The van der Waals surface area contributed by atoms with Crippen LogP contribution in [0, 0.1) is 5.92 Å². The number of nitrogens with one attached hydrogen (secondary N) is 3. The van der Waals surface area contributed by atoms with Crippen molar-refractivity contribution in [2.24, 2.45) is 5.92 Å². The molecule has 0 aliphatic carbocycles. The number of rotatable bonds is 23. The predicted octanol–water partition coefficient (Wildman–Crippen LogP) is 5.31. The summed E-state index contributed by atoms with van der Waals surface area (Å²) in [6, 6.07) is 0.135. The van der Waals surface area contributed by atoms with Gasteiger partial charge in [-0.25, -0.2) is 0 Å². The zero-order valence-corrected chi connectivity index (χ0v) is 21.8. The van der Waals surface area contributed by atoms with E-state index in [1.165, 1.54) is 70.6 Å². The molecule has 0 aromatic carbocycles. The molecular formula is C26H53N3O3. The zero-order chi connectivity index (χ0) is 24.1. The molecular weight excluding hydrogens is 402 g/mol. The molecule has 6 nitrogen and oxygen atoms in total. The van der Waals surface area contributed by atoms with E-state index in [9.17, 15) is 9.59 Å². The second-order valence-electron chi connectivity index (χ2n) is 9.90. The van der Waals surface area contributed by atoms with E-state index in [1.807, 2.05) is 20.8 Å². The molecule has 3 N–H and O–H groups in total. The van der Waals surface area contributed by atoms with E-state index in [-0.39, 0.29) is 17.6 Å². The first kappa shape index (κ1) is 30.9. The summed E-state index contributed by atoms with van der Waals surface area (Å²) in [6.45, 7) is 12.3. The van der Waals surface area contributed by atoms with Crippen LogP contribution >= 0.6 is 0 Å². The largest absolute Gasteiger partial charge is 0.360 e. The van der Waals surface area contributed by atoms with Crippen molar-refractivity contribution in [2.75, 3.05) is 19.8 Å². The second-order valence-corrected chi connectivity index (χ2v) is 9.90. The Morgan fingerprint density at radius 1 is 0.938 bits per heavy atom. The molecule has 2 amide bonds. The first-order valence-corrected chi connectivity index (χ1v) is 13.2. The van der Waals surface area contributed by atoms with E-state index in [0.29, 0.717) is 38.4 Å². The van der Waals surface area contributed by atoms with Crippen molar-refractivity contribution < 1.29 is 14.3 Å². The molecule has 0 aliphatic rings. The molecule has 0 bridgehead atoms. The molecule has 2 unspecified atom stereocenters. The molecule has 0 aromatic rings. The Hall–Kier alpha value is -1.14. The van der Waals surface area contributed by atoms with Gasteiger partial charge in [-0.15, -0.1) is 0 Å². The van der Waals surface area contributed by atoms with Crippen LogP contribution in [0.15, 0.2) is 0 Å². The molecule has 0 spiro atoms. The van der Waals surface area contributed by atoms with Gasteiger partial charge in [-0.3, -0.25) is 14.9 Å². The number of hydrogen-bond donors (Lipinski definition) is 3. The van der Waals surface area contributed by atoms with Crippen LogP contribution in [0.4, 0.5) is 0 Å². The van der Waals surface area contributed by atoms with Crippen molar-refractivity contribution in [3.05, 3.63) is 0 Å². The predicted molar refractivity (Wildman–Crippen MR) is 135 cm³/mol. The van der Waals surface area contributed by atoms with E-state index in [0.717, 1.165) is 6.54 Å². The summed E-state index contributed by atoms with van der Waals surface area (Å²) in [7, 11) is 0. The lowest BCUT2D eigenvalue weighted by Gasteiger charge is -2.26. The minimum Gasteiger partial charge on any atom is -0.360 e. The van der Waals surface area contributed by atoms with Gasteiger partial charge in [0.2, 0.25) is 12.3 Å². The fraction of sp³-hybridized carbons (Fsp3) is 0.923. The highest BCUT2D eigenvalue weighted by Gasteiger charge is 2.20. The third-order valence-corrected chi connectivity index (χ3v) is 6.13. The number of amides is 2. The van der Waals surface area contributed by atoms with E-state index >= 15 is 0 Å². The minimum atomic E-state index is -0.374. The quantitative estimate of drug-likeness (QED) is 0.111. The third kappa shape index (κ3) is 19.5. The maximum absolute atomic E-state index is 12.5. The number of hydrogen-bond acceptors (Lipinski definition) is 4. The molecule has 0 fully saturated rings. The average molecular weight is 456 g/mol. The van der Waals surface area contributed by atoms with Crippen molar-refractivity contribution >= 4 is 12.3 Å². The van der Waals surface area contributed by atoms with E-state index in [2.05, 4.69) is 29.8 Å². The van der Waals surface area contributed by atoms with E-state index < -0.39 is 0 Å². The van der Waals surface area contributed by atoms with Gasteiger partial charge in [-0.1, -0.05) is 71.6 Å². The Bertz CT molecular complexity index is 458. The summed E-state index contributed by atoms with van der Waals surface area (Å²) < 4.78 is 5.91. The number of unbranched alkanes of at least 4 members (excludes halogenated alkanes) is 7. The lowest BCUT2D eigenvalue weighted by Crippen LogP contribution is -2.40. The maximum Gasteiger partial charge on any atom is 0.220 e. The van der Waals surface area contributed by atoms with Gasteiger partial charge in [-0.05, 0) is 46.0 Å². The summed E-state index contributed by atoms with van der Waals surface area (Å²) in [6.07, 6.45) is 16.0. The first-order chi connectivity index (χ1) is 15.3. The molecule has 32 heavy (non-hydrogen) atoms. The summed E-state index contributed by atoms with van der Waals surface area (Å²) in [5, 5.41) is 9.06. The van der Waals surface area contributed by atoms with Gasteiger partial charge in [0, 0.05) is 25.6 Å². The lowest BCUT2D eigenvalue weighted by molar-refractivity contribution is -0.123. The zero-order valence-electron chi connectivity index (χ0n) is 21.8. The molecule has 0 rings (SSSR count). The first-order valence-electron chi connectivity index (χ1n) is 13.2. The van der Waals surface area contributed by atoms with Crippen molar-refractivity contribution in [3.63, 3.8) is 0 Å². The Morgan fingerprint density at radius 3 is 2.12 bits per heavy atom. The van der Waals surface area contributed by atoms with Crippen LogP contribution in [-0.2, 0) is 14.3 Å². The van der Waals surface area contributed by atoms with Gasteiger partial charge in [0.05, 0.1) is 12.3 Å². The second kappa shape index (κ2) is 20.5. The van der Waals surface area contributed by atoms with Crippen molar-refractivity contribution in [3.8, 4) is 0 Å². The lowest BCUT2D eigenvalue weighted by atomic mass is 9.94. The standard InChI is InChI=1S/C26H53N3O3/c1-6-8-10-12-14-16-24(15-13-11-9-7-2)20-28-25(31)17-18-26(4,5)32-22-29-23(3)19-27-21-30/h21,23-24,29H,6-20,22H2,1-5H3,(H,27,30)(H,28,31). The van der Waals surface area contributed by atoms with Crippen LogP contribution in [0.25, 0.3) is 0 Å². The topological polar surface area (TPSA) is 79.5 Å². The van der Waals surface area contributed by atoms with Crippen LogP contribution < -0.4 is 16.0 Å². The molecule has 0 aromatic heterocycles. The van der Waals surface area contributed by atoms with Gasteiger partial charge in [0.1, 0.15) is 0 Å². The molecule has 0 heterocycles. The molecule has 0 radical (unpaired) electrons. The Labute approximate surface area is 198 Å². The molecule has 6 heteroatoms. The van der Waals surface area contributed by atoms with Crippen LogP contribution in [0.5, 0.6) is 0 Å². The van der Waals surface area contributed by atoms with Gasteiger partial charge < -0.3 is 15.4 Å². The Kier molecular flexibility index (Phi) is 19.7. The number of carbonyl (C=O) groups excluding carboxylic acids is 2. The Balaban J connectivity index is 4.20. The van der Waals surface area contributed by atoms with E-state index in [4.69, 9.17) is 4.74 Å². The molecule has 2 atom stereocenters. The summed E-state index contributed by atoms with van der Waals surface area (Å²) >= 11 is 0. The Morgan fingerprint density at radius 2 is 1.53 bits per heavy atom. The number of carbonyl (C=O) groups is 2. The van der Waals surface area contributed by atoms with Crippen molar-refractivity contribution in [1.82, 2.24) is 16.0 Å². The molecule has 0 saturated heterocycles. The van der Waals surface area contributed by atoms with Crippen LogP contribution in [0.1, 0.15) is 118 Å². The monoisotopic (exact) mass is 455 g/mol. The maximum atomic E-state index is 12.5. The fourth-order valence-electron chi connectivity index (χ4n) is 3.75. The van der Waals surface area contributed by atoms with Gasteiger partial charge >= 0.3 is 0 Å². The van der Waals surface area contributed by atoms with Gasteiger partial charge in [0.15, 0.2) is 0 Å². The molecule has 190 valence electrons. The normalized spacial score (nSPS) is 13.5. The summed E-state index contributed by atoms with van der Waals surface area (Å²) in [5.41, 5.74) is -0.374. The van der Waals surface area contributed by atoms with E-state index in [1.54, 1.807) is 0 Å². The smallest absolute Gasteiger partial charge is 0.220 e. The van der Waals surface area contributed by atoms with Crippen LogP contribution in [0.3, 0.4) is 0 Å². The molecule has 0 saturated carbocycles. The van der Waals surface area contributed by atoms with Crippen LogP contribution in [0.2, 0.25) is 0 Å². The molecule has 0 aliphatic heterocycles. The van der Waals surface area contributed by atoms with Gasteiger partial charge in [-0.2, -0.15) is 0 Å². The van der Waals surface area contributed by atoms with Crippen molar-refractivity contribution in [1.29, 1.82) is 0 Å². The van der Waals surface area contributed by atoms with Crippen molar-refractivity contribution in [2.45, 2.75) is 130 Å². The minimum absolute atomic E-state index is 0.128.